The van der Waals surface area contributed by atoms with Crippen molar-refractivity contribution in [3.05, 3.63) is 34.0 Å². The van der Waals surface area contributed by atoms with Crippen LogP contribution in [0.15, 0.2) is 31.3 Å². The Hall–Kier alpha value is -0.330. The molecule has 0 aliphatic rings. The van der Waals surface area contributed by atoms with Crippen molar-refractivity contribution >= 4 is 34.4 Å². The van der Waals surface area contributed by atoms with Gasteiger partial charge in [-0.25, -0.2) is 0 Å². The van der Waals surface area contributed by atoms with Gasteiger partial charge >= 0.3 is 0 Å². The molecule has 25 heavy (non-hydrogen) atoms. The zero-order chi connectivity index (χ0) is 18.1. The molecule has 0 bridgehead atoms. The first-order valence-corrected chi connectivity index (χ1v) is 11.9. The predicted octanol–water partition coefficient (Wildman–Crippen LogP) is 6.15. The fourth-order valence-electron chi connectivity index (χ4n) is 2.80. The summed E-state index contributed by atoms with van der Waals surface area (Å²) in [5.41, 5.74) is 2.67. The Morgan fingerprint density at radius 3 is 1.64 bits per heavy atom. The molecule has 0 aliphatic heterocycles. The molecule has 0 amide bonds. The highest BCUT2D eigenvalue weighted by atomic mass is 32.2. The second kappa shape index (κ2) is 11.4. The molecule has 2 nitrogen and oxygen atoms in total. The summed E-state index contributed by atoms with van der Waals surface area (Å²) in [5, 5.41) is 24.2. The first-order chi connectivity index (χ1) is 12.1. The van der Waals surface area contributed by atoms with Crippen LogP contribution in [-0.4, -0.2) is 22.4 Å². The molecule has 140 valence electrons. The third-order valence-electron chi connectivity index (χ3n) is 4.24. The number of aliphatic hydroxyl groups excluding tert-OH is 2. The molecular formula is C20H30O2S3. The maximum Gasteiger partial charge on any atom is 0.0657 e. The Bertz CT molecular complexity index is 553. The van der Waals surface area contributed by atoms with Crippen LogP contribution in [0.1, 0.15) is 63.5 Å². The topological polar surface area (TPSA) is 40.5 Å². The minimum atomic E-state index is -0.163. The lowest BCUT2D eigenvalue weighted by Gasteiger charge is -2.07. The molecule has 0 spiro atoms. The van der Waals surface area contributed by atoms with E-state index in [1.807, 2.05) is 11.8 Å². The molecule has 2 aromatic rings. The van der Waals surface area contributed by atoms with Crippen LogP contribution in [-0.2, 0) is 12.8 Å². The van der Waals surface area contributed by atoms with Gasteiger partial charge in [-0.3, -0.25) is 0 Å². The van der Waals surface area contributed by atoms with Crippen molar-refractivity contribution < 1.29 is 10.2 Å². The second-order valence-corrected chi connectivity index (χ2v) is 10.0. The lowest BCUT2D eigenvalue weighted by molar-refractivity contribution is 0.153. The summed E-state index contributed by atoms with van der Waals surface area (Å²) in [6.07, 6.45) is 7.20. The highest BCUT2D eigenvalue weighted by Gasteiger charge is 2.09. The molecular weight excluding hydrogens is 368 g/mol. The van der Waals surface area contributed by atoms with Crippen LogP contribution in [0.2, 0.25) is 0 Å². The van der Waals surface area contributed by atoms with E-state index >= 15 is 0 Å². The van der Waals surface area contributed by atoms with Crippen LogP contribution in [0.3, 0.4) is 0 Å². The molecule has 2 aromatic heterocycles. The average molecular weight is 399 g/mol. The van der Waals surface area contributed by atoms with Crippen LogP contribution >= 0.6 is 34.4 Å². The molecule has 5 heteroatoms. The number of rotatable bonds is 12. The number of hydrogen-bond donors (Lipinski definition) is 2. The first-order valence-electron chi connectivity index (χ1n) is 9.29. The summed E-state index contributed by atoms with van der Waals surface area (Å²) in [4.78, 5) is 0. The van der Waals surface area contributed by atoms with Crippen molar-refractivity contribution in [2.45, 2.75) is 85.8 Å². The molecule has 0 radical (unpaired) electrons. The molecule has 2 rings (SSSR count). The van der Waals surface area contributed by atoms with E-state index in [9.17, 15) is 10.2 Å². The number of aryl methyl sites for hydroxylation is 2. The van der Waals surface area contributed by atoms with Gasteiger partial charge in [0, 0.05) is 0 Å². The van der Waals surface area contributed by atoms with Crippen LogP contribution in [0.5, 0.6) is 0 Å². The van der Waals surface area contributed by atoms with Crippen LogP contribution < -0.4 is 0 Å². The van der Waals surface area contributed by atoms with E-state index in [2.05, 4.69) is 36.7 Å². The molecule has 2 atom stereocenters. The Morgan fingerprint density at radius 2 is 1.24 bits per heavy atom. The molecule has 2 heterocycles. The Labute approximate surface area is 164 Å². The summed E-state index contributed by atoms with van der Waals surface area (Å²) in [6, 6.07) is 4.52. The lowest BCUT2D eigenvalue weighted by atomic mass is 10.1. The van der Waals surface area contributed by atoms with Gasteiger partial charge in [0.1, 0.15) is 0 Å². The maximum atomic E-state index is 9.86. The van der Waals surface area contributed by atoms with Crippen molar-refractivity contribution in [1.29, 1.82) is 0 Å². The summed E-state index contributed by atoms with van der Waals surface area (Å²) in [5.74, 6) is 0. The summed E-state index contributed by atoms with van der Waals surface area (Å²) in [6.45, 7) is 4.23. The first kappa shape index (κ1) is 21.0. The average Bonchev–Trinajstić information content (AvgIpc) is 3.21. The van der Waals surface area contributed by atoms with Gasteiger partial charge < -0.3 is 10.2 Å². The Balaban J connectivity index is 1.78. The van der Waals surface area contributed by atoms with Gasteiger partial charge in [0.05, 0.1) is 20.6 Å². The fraction of sp³-hybridized carbons (Fsp3) is 0.600. The maximum absolute atomic E-state index is 9.86. The van der Waals surface area contributed by atoms with E-state index in [0.29, 0.717) is 0 Å². The molecule has 0 aliphatic carbocycles. The number of thiophene rings is 2. The molecule has 0 aromatic carbocycles. The Kier molecular flexibility index (Phi) is 9.56. The number of hydrogen-bond acceptors (Lipinski definition) is 5. The molecule has 2 unspecified atom stereocenters. The zero-order valence-corrected chi connectivity index (χ0v) is 17.7. The third kappa shape index (κ3) is 7.83. The van der Waals surface area contributed by atoms with Gasteiger partial charge in [-0.2, -0.15) is 0 Å². The monoisotopic (exact) mass is 398 g/mol. The summed E-state index contributed by atoms with van der Waals surface area (Å²) in [7, 11) is 0. The zero-order valence-electron chi connectivity index (χ0n) is 15.2. The van der Waals surface area contributed by atoms with Crippen LogP contribution in [0.4, 0.5) is 0 Å². The lowest BCUT2D eigenvalue weighted by Crippen LogP contribution is -2.06. The third-order valence-corrected chi connectivity index (χ3v) is 7.49. The van der Waals surface area contributed by atoms with Gasteiger partial charge in [-0.05, 0) is 72.5 Å². The van der Waals surface area contributed by atoms with Gasteiger partial charge in [0.25, 0.3) is 0 Å². The highest BCUT2D eigenvalue weighted by molar-refractivity contribution is 8.02. The fourth-order valence-corrected chi connectivity index (χ4v) is 6.13. The van der Waals surface area contributed by atoms with Gasteiger partial charge in [0.2, 0.25) is 0 Å². The van der Waals surface area contributed by atoms with Crippen molar-refractivity contribution in [2.75, 3.05) is 0 Å². The van der Waals surface area contributed by atoms with E-state index in [1.54, 1.807) is 22.7 Å². The normalized spacial score (nSPS) is 13.9. The van der Waals surface area contributed by atoms with Gasteiger partial charge in [0.15, 0.2) is 0 Å². The minimum absolute atomic E-state index is 0.163. The summed E-state index contributed by atoms with van der Waals surface area (Å²) < 4.78 is 2.64. The highest BCUT2D eigenvalue weighted by Crippen LogP contribution is 2.37. The SMILES string of the molecule is CCCC(O)CCc1csc(Sc2cc(CCC(O)CCC)cs2)c1. The summed E-state index contributed by atoms with van der Waals surface area (Å²) >= 11 is 5.41. The van der Waals surface area contributed by atoms with E-state index in [0.717, 1.165) is 51.4 Å². The Morgan fingerprint density at radius 1 is 0.800 bits per heavy atom. The van der Waals surface area contributed by atoms with E-state index in [-0.39, 0.29) is 12.2 Å². The van der Waals surface area contributed by atoms with Crippen molar-refractivity contribution in [2.24, 2.45) is 0 Å². The quantitative estimate of drug-likeness (QED) is 0.450. The van der Waals surface area contributed by atoms with Gasteiger partial charge in [-0.15, -0.1) is 22.7 Å². The van der Waals surface area contributed by atoms with E-state index < -0.39 is 0 Å². The smallest absolute Gasteiger partial charge is 0.0657 e. The number of aliphatic hydroxyl groups is 2. The molecule has 0 saturated carbocycles. The van der Waals surface area contributed by atoms with Crippen LogP contribution in [0.25, 0.3) is 0 Å². The van der Waals surface area contributed by atoms with Crippen LogP contribution in [0, 0.1) is 0 Å². The largest absolute Gasteiger partial charge is 0.393 e. The second-order valence-electron chi connectivity index (χ2n) is 6.61. The van der Waals surface area contributed by atoms with E-state index in [1.165, 1.54) is 19.5 Å². The van der Waals surface area contributed by atoms with Crippen molar-refractivity contribution in [3.8, 4) is 0 Å². The minimum Gasteiger partial charge on any atom is -0.393 e. The standard InChI is InChI=1S/C20H30O2S3/c1-3-5-17(21)9-7-15-11-19(23-13-15)25-20-12-16(14-24-20)8-10-18(22)6-4-2/h11-14,17-18,21-22H,3-10H2,1-2H3. The molecule has 0 fully saturated rings. The predicted molar refractivity (Wildman–Crippen MR) is 111 cm³/mol. The van der Waals surface area contributed by atoms with Crippen molar-refractivity contribution in [3.63, 3.8) is 0 Å². The van der Waals surface area contributed by atoms with E-state index in [4.69, 9.17) is 0 Å². The molecule has 0 saturated heterocycles. The molecule has 2 N–H and O–H groups in total. The van der Waals surface area contributed by atoms with Gasteiger partial charge in [-0.1, -0.05) is 38.5 Å². The van der Waals surface area contributed by atoms with Crippen molar-refractivity contribution in [1.82, 2.24) is 0 Å².